The van der Waals surface area contributed by atoms with E-state index in [2.05, 4.69) is 21.6 Å². The molecule has 1 N–H and O–H groups in total. The second-order valence-electron chi connectivity index (χ2n) is 7.15. The van der Waals surface area contributed by atoms with Gasteiger partial charge in [0.15, 0.2) is 0 Å². The third-order valence-electron chi connectivity index (χ3n) is 5.44. The van der Waals surface area contributed by atoms with Gasteiger partial charge in [0, 0.05) is 12.1 Å². The summed E-state index contributed by atoms with van der Waals surface area (Å²) in [5, 5.41) is 3.15. The summed E-state index contributed by atoms with van der Waals surface area (Å²) in [6.07, 6.45) is 10.5. The fourth-order valence-electron chi connectivity index (χ4n) is 3.90. The average molecular weight is 327 g/mol. The highest BCUT2D eigenvalue weighted by molar-refractivity contribution is 5.78. The third-order valence-corrected chi connectivity index (χ3v) is 5.44. The van der Waals surface area contributed by atoms with Crippen molar-refractivity contribution in [1.29, 1.82) is 0 Å². The summed E-state index contributed by atoms with van der Waals surface area (Å²) in [5.41, 5.74) is 3.01. The van der Waals surface area contributed by atoms with Crippen LogP contribution in [0.4, 0.5) is 0 Å². The Kier molecular flexibility index (Phi) is 5.54. The Morgan fingerprint density at radius 2 is 2.08 bits per heavy atom. The summed E-state index contributed by atoms with van der Waals surface area (Å²) >= 11 is 0. The molecule has 4 heteroatoms. The number of aromatic nitrogens is 2. The quantitative estimate of drug-likeness (QED) is 0.862. The van der Waals surface area contributed by atoms with Crippen LogP contribution in [-0.4, -0.2) is 15.3 Å². The lowest BCUT2D eigenvalue weighted by molar-refractivity contribution is -0.126. The summed E-state index contributed by atoms with van der Waals surface area (Å²) in [4.78, 5) is 17.1. The molecule has 3 rings (SSSR count). The summed E-state index contributed by atoms with van der Waals surface area (Å²) in [7, 11) is 0. The highest BCUT2D eigenvalue weighted by Gasteiger charge is 2.26. The van der Waals surface area contributed by atoms with Crippen LogP contribution in [0.2, 0.25) is 0 Å². The second-order valence-corrected chi connectivity index (χ2v) is 7.15. The van der Waals surface area contributed by atoms with Gasteiger partial charge in [-0.05, 0) is 50.7 Å². The standard InChI is InChI=1S/C20H29N3O/c1-3-4-7-16-9-11-17(12-10-16)20(24)21-14-18-15(2)22-19-8-5-6-13-23(18)19/h5-6,8,13,16-17H,3-4,7,9-12,14H2,1-2H3,(H,21,24). The molecule has 1 amide bonds. The molecule has 1 saturated carbocycles. The highest BCUT2D eigenvalue weighted by atomic mass is 16.1. The predicted octanol–water partition coefficient (Wildman–Crippen LogP) is 4.26. The van der Waals surface area contributed by atoms with Crippen LogP contribution in [0.1, 0.15) is 63.3 Å². The van der Waals surface area contributed by atoms with E-state index in [-0.39, 0.29) is 11.8 Å². The maximum Gasteiger partial charge on any atom is 0.223 e. The number of nitrogens with one attached hydrogen (secondary N) is 1. The van der Waals surface area contributed by atoms with Gasteiger partial charge in [-0.15, -0.1) is 0 Å². The molecule has 2 aromatic rings. The van der Waals surface area contributed by atoms with Crippen molar-refractivity contribution in [2.45, 2.75) is 65.3 Å². The summed E-state index contributed by atoms with van der Waals surface area (Å²) in [5.74, 6) is 1.26. The van der Waals surface area contributed by atoms with Crippen molar-refractivity contribution >= 4 is 11.6 Å². The number of unbranched alkanes of at least 4 members (excludes halogenated alkanes) is 1. The molecule has 0 atom stereocenters. The minimum Gasteiger partial charge on any atom is -0.350 e. The molecule has 130 valence electrons. The monoisotopic (exact) mass is 327 g/mol. The molecular formula is C20H29N3O. The Morgan fingerprint density at radius 1 is 1.29 bits per heavy atom. The number of carbonyl (C=O) groups excluding carboxylic acids is 1. The topological polar surface area (TPSA) is 46.4 Å². The summed E-state index contributed by atoms with van der Waals surface area (Å²) in [6.45, 7) is 4.82. The van der Waals surface area contributed by atoms with E-state index in [1.165, 1.54) is 32.1 Å². The molecule has 4 nitrogen and oxygen atoms in total. The number of rotatable bonds is 6. The maximum atomic E-state index is 12.5. The first-order chi connectivity index (χ1) is 11.7. The fourth-order valence-corrected chi connectivity index (χ4v) is 3.90. The van der Waals surface area contributed by atoms with Crippen LogP contribution in [0, 0.1) is 18.8 Å². The number of hydrogen-bond donors (Lipinski definition) is 1. The van der Waals surface area contributed by atoms with E-state index in [9.17, 15) is 4.79 Å². The van der Waals surface area contributed by atoms with Crippen molar-refractivity contribution in [2.75, 3.05) is 0 Å². The zero-order valence-electron chi connectivity index (χ0n) is 14.9. The smallest absolute Gasteiger partial charge is 0.223 e. The van der Waals surface area contributed by atoms with Crippen molar-refractivity contribution in [3.63, 3.8) is 0 Å². The van der Waals surface area contributed by atoms with Gasteiger partial charge >= 0.3 is 0 Å². The molecule has 0 spiro atoms. The van der Waals surface area contributed by atoms with E-state index in [4.69, 9.17) is 0 Å². The largest absolute Gasteiger partial charge is 0.350 e. The van der Waals surface area contributed by atoms with Crippen LogP contribution < -0.4 is 5.32 Å². The normalized spacial score (nSPS) is 21.1. The molecule has 1 aliphatic rings. The Hall–Kier alpha value is -1.84. The zero-order valence-corrected chi connectivity index (χ0v) is 14.9. The van der Waals surface area contributed by atoms with Gasteiger partial charge in [0.05, 0.1) is 17.9 Å². The Morgan fingerprint density at radius 3 is 2.83 bits per heavy atom. The van der Waals surface area contributed by atoms with Crippen molar-refractivity contribution in [3.05, 3.63) is 35.8 Å². The van der Waals surface area contributed by atoms with Gasteiger partial charge in [0.1, 0.15) is 5.65 Å². The number of amides is 1. The zero-order chi connectivity index (χ0) is 16.9. The number of fused-ring (bicyclic) bond motifs is 1. The van der Waals surface area contributed by atoms with Crippen molar-refractivity contribution in [1.82, 2.24) is 14.7 Å². The first kappa shape index (κ1) is 17.0. The number of pyridine rings is 1. The van der Waals surface area contributed by atoms with E-state index < -0.39 is 0 Å². The number of hydrogen-bond acceptors (Lipinski definition) is 2. The highest BCUT2D eigenvalue weighted by Crippen LogP contribution is 2.32. The molecule has 0 saturated heterocycles. The van der Waals surface area contributed by atoms with Crippen LogP contribution in [0.15, 0.2) is 24.4 Å². The van der Waals surface area contributed by atoms with E-state index in [0.29, 0.717) is 6.54 Å². The molecule has 24 heavy (non-hydrogen) atoms. The van der Waals surface area contributed by atoms with Gasteiger partial charge < -0.3 is 9.72 Å². The molecule has 0 aliphatic heterocycles. The van der Waals surface area contributed by atoms with E-state index >= 15 is 0 Å². The predicted molar refractivity (Wildman–Crippen MR) is 96.7 cm³/mol. The van der Waals surface area contributed by atoms with Gasteiger partial charge in [-0.2, -0.15) is 0 Å². The van der Waals surface area contributed by atoms with E-state index in [1.807, 2.05) is 31.3 Å². The Balaban J connectivity index is 1.53. The first-order valence-corrected chi connectivity index (χ1v) is 9.39. The molecule has 0 aromatic carbocycles. The molecule has 1 aliphatic carbocycles. The lowest BCUT2D eigenvalue weighted by Gasteiger charge is -2.27. The number of imidazole rings is 1. The summed E-state index contributed by atoms with van der Waals surface area (Å²) in [6, 6.07) is 5.98. The van der Waals surface area contributed by atoms with Crippen LogP contribution in [0.5, 0.6) is 0 Å². The van der Waals surface area contributed by atoms with Gasteiger partial charge in [0.25, 0.3) is 0 Å². The first-order valence-electron chi connectivity index (χ1n) is 9.39. The third kappa shape index (κ3) is 3.80. The minimum atomic E-state index is 0.197. The molecule has 2 aromatic heterocycles. The lowest BCUT2D eigenvalue weighted by atomic mass is 9.79. The molecular weight excluding hydrogens is 298 g/mol. The van der Waals surface area contributed by atoms with Gasteiger partial charge in [0.2, 0.25) is 5.91 Å². The van der Waals surface area contributed by atoms with E-state index in [0.717, 1.165) is 35.8 Å². The van der Waals surface area contributed by atoms with Crippen LogP contribution in [-0.2, 0) is 11.3 Å². The fraction of sp³-hybridized carbons (Fsp3) is 0.600. The van der Waals surface area contributed by atoms with Gasteiger partial charge in [-0.1, -0.05) is 32.3 Å². The van der Waals surface area contributed by atoms with Crippen molar-refractivity contribution < 1.29 is 4.79 Å². The maximum absolute atomic E-state index is 12.5. The number of nitrogens with zero attached hydrogens (tertiary/aromatic N) is 2. The number of carbonyl (C=O) groups is 1. The average Bonchev–Trinajstić information content (AvgIpc) is 2.93. The van der Waals surface area contributed by atoms with Crippen LogP contribution >= 0.6 is 0 Å². The number of aryl methyl sites for hydroxylation is 1. The second kappa shape index (κ2) is 7.82. The molecule has 2 heterocycles. The summed E-state index contributed by atoms with van der Waals surface area (Å²) < 4.78 is 2.07. The van der Waals surface area contributed by atoms with Gasteiger partial charge in [-0.3, -0.25) is 4.79 Å². The molecule has 0 radical (unpaired) electrons. The Labute approximate surface area is 144 Å². The molecule has 0 unspecified atom stereocenters. The van der Waals surface area contributed by atoms with E-state index in [1.54, 1.807) is 0 Å². The van der Waals surface area contributed by atoms with Crippen LogP contribution in [0.3, 0.4) is 0 Å². The van der Waals surface area contributed by atoms with Crippen LogP contribution in [0.25, 0.3) is 5.65 Å². The Bertz CT molecular complexity index is 683. The van der Waals surface area contributed by atoms with Crippen molar-refractivity contribution in [2.24, 2.45) is 11.8 Å². The van der Waals surface area contributed by atoms with Crippen molar-refractivity contribution in [3.8, 4) is 0 Å². The minimum absolute atomic E-state index is 0.197. The molecule has 0 bridgehead atoms. The SMILES string of the molecule is CCCCC1CCC(C(=O)NCc2c(C)nc3ccccn23)CC1. The molecule has 1 fully saturated rings. The lowest BCUT2D eigenvalue weighted by Crippen LogP contribution is -2.33. The van der Waals surface area contributed by atoms with Gasteiger partial charge in [-0.25, -0.2) is 4.98 Å².